The zero-order chi connectivity index (χ0) is 21.9. The number of β-amino-alcohol motifs (C(OH)–C–C–N with tert-alkyl or cyclic N) is 1. The van der Waals surface area contributed by atoms with Crippen LogP contribution in [-0.4, -0.2) is 41.2 Å². The van der Waals surface area contributed by atoms with Gasteiger partial charge in [0.15, 0.2) is 0 Å². The summed E-state index contributed by atoms with van der Waals surface area (Å²) in [5, 5.41) is 13.7. The van der Waals surface area contributed by atoms with Gasteiger partial charge in [-0.15, -0.1) is 6.58 Å². The number of ether oxygens (including phenoxy) is 1. The molecule has 0 saturated carbocycles. The highest BCUT2D eigenvalue weighted by Crippen LogP contribution is 2.35. The molecular weight excluding hydrogens is 427 g/mol. The summed E-state index contributed by atoms with van der Waals surface area (Å²) >= 11 is 12.2. The van der Waals surface area contributed by atoms with Crippen LogP contribution < -0.4 is 10.1 Å². The third kappa shape index (κ3) is 4.46. The normalized spacial score (nSPS) is 19.5. The number of allylic oxidation sites excluding steroid dienone is 1. The fraction of sp³-hybridized carbons (Fsp3) is 0.273. The van der Waals surface area contributed by atoms with Crippen molar-refractivity contribution in [3.63, 3.8) is 0 Å². The van der Waals surface area contributed by atoms with Crippen LogP contribution >= 0.6 is 23.2 Å². The average molecular weight is 449 g/mol. The summed E-state index contributed by atoms with van der Waals surface area (Å²) in [6.45, 7) is 4.99. The highest BCUT2D eigenvalue weighted by molar-refractivity contribution is 6.35. The smallest absolute Gasteiger partial charge is 0.325 e. The van der Waals surface area contributed by atoms with Crippen molar-refractivity contribution in [1.82, 2.24) is 10.2 Å². The fourth-order valence-corrected chi connectivity index (χ4v) is 3.96. The largest absolute Gasteiger partial charge is 0.491 e. The highest BCUT2D eigenvalue weighted by Gasteiger charge is 2.50. The lowest BCUT2D eigenvalue weighted by molar-refractivity contribution is -0.132. The van der Waals surface area contributed by atoms with E-state index in [-0.39, 0.29) is 18.2 Å². The first-order valence-electron chi connectivity index (χ1n) is 9.35. The quantitative estimate of drug-likeness (QED) is 0.473. The molecule has 2 aromatic carbocycles. The molecular formula is C22H22Cl2N2O4. The Morgan fingerprint density at radius 3 is 2.70 bits per heavy atom. The van der Waals surface area contributed by atoms with Crippen LogP contribution in [0.5, 0.6) is 5.75 Å². The Morgan fingerprint density at radius 1 is 1.27 bits per heavy atom. The van der Waals surface area contributed by atoms with Gasteiger partial charge in [0.25, 0.3) is 5.91 Å². The van der Waals surface area contributed by atoms with E-state index in [1.807, 2.05) is 18.2 Å². The number of benzene rings is 2. The van der Waals surface area contributed by atoms with E-state index in [9.17, 15) is 14.7 Å². The number of carbonyl (C=O) groups is 2. The summed E-state index contributed by atoms with van der Waals surface area (Å²) in [7, 11) is 0. The van der Waals surface area contributed by atoms with E-state index in [0.29, 0.717) is 22.8 Å². The number of imide groups is 1. The van der Waals surface area contributed by atoms with Crippen LogP contribution in [0.1, 0.15) is 18.1 Å². The van der Waals surface area contributed by atoms with Crippen molar-refractivity contribution in [3.05, 3.63) is 76.3 Å². The lowest BCUT2D eigenvalue weighted by Gasteiger charge is -2.24. The molecule has 3 amide bonds. The molecule has 0 bridgehead atoms. The summed E-state index contributed by atoms with van der Waals surface area (Å²) in [4.78, 5) is 26.4. The molecule has 0 aliphatic carbocycles. The van der Waals surface area contributed by atoms with Crippen molar-refractivity contribution in [2.24, 2.45) is 0 Å². The van der Waals surface area contributed by atoms with E-state index in [0.717, 1.165) is 10.5 Å². The maximum absolute atomic E-state index is 13.0. The molecule has 0 spiro atoms. The maximum atomic E-state index is 13.0. The molecule has 1 aliphatic heterocycles. The molecule has 2 aromatic rings. The zero-order valence-electron chi connectivity index (χ0n) is 16.4. The summed E-state index contributed by atoms with van der Waals surface area (Å²) < 4.78 is 5.70. The summed E-state index contributed by atoms with van der Waals surface area (Å²) in [5.74, 6) is 0.106. The van der Waals surface area contributed by atoms with E-state index in [1.165, 1.54) is 6.07 Å². The maximum Gasteiger partial charge on any atom is 0.325 e. The summed E-state index contributed by atoms with van der Waals surface area (Å²) in [6.07, 6.45) is 1.31. The molecule has 1 aliphatic rings. The van der Waals surface area contributed by atoms with E-state index in [4.69, 9.17) is 27.9 Å². The number of halogens is 2. The Bertz CT molecular complexity index is 981. The van der Waals surface area contributed by atoms with E-state index in [2.05, 4.69) is 11.9 Å². The lowest BCUT2D eigenvalue weighted by atomic mass is 9.92. The van der Waals surface area contributed by atoms with Crippen molar-refractivity contribution in [3.8, 4) is 5.75 Å². The van der Waals surface area contributed by atoms with Gasteiger partial charge in [-0.1, -0.05) is 53.5 Å². The van der Waals surface area contributed by atoms with Crippen LogP contribution in [0, 0.1) is 0 Å². The topological polar surface area (TPSA) is 78.9 Å². The minimum atomic E-state index is -1.35. The van der Waals surface area contributed by atoms with Crippen LogP contribution in [0.3, 0.4) is 0 Å². The van der Waals surface area contributed by atoms with Gasteiger partial charge in [0.05, 0.1) is 6.54 Å². The van der Waals surface area contributed by atoms with Gasteiger partial charge in [-0.25, -0.2) is 4.79 Å². The first-order valence-corrected chi connectivity index (χ1v) is 10.1. The van der Waals surface area contributed by atoms with Gasteiger partial charge in [-0.2, -0.15) is 0 Å². The van der Waals surface area contributed by atoms with Gasteiger partial charge in [0, 0.05) is 15.6 Å². The number of urea groups is 1. The molecule has 2 N–H and O–H groups in total. The molecule has 2 atom stereocenters. The molecule has 1 fully saturated rings. The monoisotopic (exact) mass is 448 g/mol. The number of nitrogens with zero attached hydrogens (tertiary/aromatic N) is 1. The lowest BCUT2D eigenvalue weighted by Crippen LogP contribution is -2.43. The number of aliphatic hydroxyl groups excluding tert-OH is 1. The predicted molar refractivity (Wildman–Crippen MR) is 116 cm³/mol. The highest BCUT2D eigenvalue weighted by atomic mass is 35.5. The predicted octanol–water partition coefficient (Wildman–Crippen LogP) is 3.93. The molecule has 8 heteroatoms. The van der Waals surface area contributed by atoms with Crippen LogP contribution in [0.4, 0.5) is 4.79 Å². The minimum absolute atomic E-state index is 0.0797. The Labute approximate surface area is 185 Å². The van der Waals surface area contributed by atoms with Gasteiger partial charge < -0.3 is 15.2 Å². The number of hydrogen-bond donors (Lipinski definition) is 2. The molecule has 0 aromatic heterocycles. The molecule has 30 heavy (non-hydrogen) atoms. The van der Waals surface area contributed by atoms with Gasteiger partial charge in [-0.3, -0.25) is 9.69 Å². The van der Waals surface area contributed by atoms with Gasteiger partial charge in [-0.05, 0) is 37.1 Å². The number of carbonyl (C=O) groups excluding carboxylic acids is 2. The molecule has 3 rings (SSSR count). The number of hydrogen-bond acceptors (Lipinski definition) is 4. The van der Waals surface area contributed by atoms with Crippen molar-refractivity contribution in [1.29, 1.82) is 0 Å². The van der Waals surface area contributed by atoms with E-state index >= 15 is 0 Å². The second-order valence-corrected chi connectivity index (χ2v) is 8.00. The Hall–Kier alpha value is -2.54. The molecule has 1 heterocycles. The third-order valence-corrected chi connectivity index (χ3v) is 5.45. The third-order valence-electron chi connectivity index (χ3n) is 4.91. The minimum Gasteiger partial charge on any atom is -0.491 e. The SMILES string of the molecule is C=CCc1ccccc1OCC(O)CN1C(=O)NC(C)(c2ccc(Cl)cc2Cl)C1=O. The number of aliphatic hydroxyl groups is 1. The second-order valence-electron chi connectivity index (χ2n) is 7.16. The van der Waals surface area contributed by atoms with Crippen molar-refractivity contribution in [2.45, 2.75) is 25.0 Å². The molecule has 1 saturated heterocycles. The van der Waals surface area contributed by atoms with Crippen LogP contribution in [0.15, 0.2) is 55.1 Å². The van der Waals surface area contributed by atoms with Gasteiger partial charge >= 0.3 is 6.03 Å². The average Bonchev–Trinajstić information content (AvgIpc) is 2.91. The second kappa shape index (κ2) is 9.08. The summed E-state index contributed by atoms with van der Waals surface area (Å²) in [5.41, 5.74) is 0.00811. The van der Waals surface area contributed by atoms with Crippen molar-refractivity contribution >= 4 is 35.1 Å². The number of rotatable bonds is 8. The van der Waals surface area contributed by atoms with E-state index < -0.39 is 23.6 Å². The number of nitrogens with one attached hydrogen (secondary N) is 1. The van der Waals surface area contributed by atoms with Crippen molar-refractivity contribution < 1.29 is 19.4 Å². The standard InChI is InChI=1S/C22H22Cl2N2O4/c1-3-6-14-7-4-5-8-19(14)30-13-16(27)12-26-20(28)22(2,25-21(26)29)17-10-9-15(23)11-18(17)24/h3-5,7-11,16,27H,1,6,12-13H2,2H3,(H,25,29). The van der Waals surface area contributed by atoms with E-state index in [1.54, 1.807) is 31.2 Å². The Kier molecular flexibility index (Phi) is 6.71. The molecule has 0 radical (unpaired) electrons. The van der Waals surface area contributed by atoms with Gasteiger partial charge in [0.1, 0.15) is 24.0 Å². The first-order chi connectivity index (χ1) is 14.3. The van der Waals surface area contributed by atoms with Crippen LogP contribution in [-0.2, 0) is 16.8 Å². The number of para-hydroxylation sites is 1. The molecule has 2 unspecified atom stereocenters. The van der Waals surface area contributed by atoms with Crippen LogP contribution in [0.25, 0.3) is 0 Å². The Morgan fingerprint density at radius 2 is 2.00 bits per heavy atom. The summed E-state index contributed by atoms with van der Waals surface area (Å²) in [6, 6.07) is 11.5. The van der Waals surface area contributed by atoms with Crippen LogP contribution in [0.2, 0.25) is 10.0 Å². The van der Waals surface area contributed by atoms with Gasteiger partial charge in [0.2, 0.25) is 0 Å². The Balaban J connectivity index is 1.69. The molecule has 6 nitrogen and oxygen atoms in total. The fourth-order valence-electron chi connectivity index (χ4n) is 3.36. The van der Waals surface area contributed by atoms with Crippen molar-refractivity contribution in [2.75, 3.05) is 13.2 Å². The first kappa shape index (κ1) is 22.2. The zero-order valence-corrected chi connectivity index (χ0v) is 17.9. The molecule has 158 valence electrons. The number of amides is 3.